The summed E-state index contributed by atoms with van der Waals surface area (Å²) in [5.41, 5.74) is 0.445. The van der Waals surface area contributed by atoms with E-state index in [2.05, 4.69) is 17.3 Å². The Kier molecular flexibility index (Phi) is 3.71. The van der Waals surface area contributed by atoms with Crippen molar-refractivity contribution in [2.45, 2.75) is 31.9 Å². The summed E-state index contributed by atoms with van der Waals surface area (Å²) in [4.78, 5) is 2.43. The number of likely N-dealkylation sites (tertiary alicyclic amines) is 1. The molecule has 0 radical (unpaired) electrons. The van der Waals surface area contributed by atoms with Gasteiger partial charge in [-0.05, 0) is 13.5 Å². The number of nitrogens with zero attached hydrogens (tertiary/aromatic N) is 1. The van der Waals surface area contributed by atoms with Gasteiger partial charge in [-0.2, -0.15) is 0 Å². The Morgan fingerprint density at radius 1 is 1.38 bits per heavy atom. The van der Waals surface area contributed by atoms with Gasteiger partial charge in [0.15, 0.2) is 0 Å². The average Bonchev–Trinajstić information content (AvgIpc) is 2.45. The molecule has 13 heavy (non-hydrogen) atoms. The van der Waals surface area contributed by atoms with E-state index in [0.29, 0.717) is 11.6 Å². The SMILES string of the molecule is CC.COC1CN(C)C2(CNC2)C1. The fourth-order valence-corrected chi connectivity index (χ4v) is 2.13. The number of nitrogens with one attached hydrogen (secondary N) is 1. The molecule has 1 unspecified atom stereocenters. The molecule has 3 heteroatoms. The fourth-order valence-electron chi connectivity index (χ4n) is 2.13. The van der Waals surface area contributed by atoms with Crippen molar-refractivity contribution in [1.29, 1.82) is 0 Å². The fraction of sp³-hybridized carbons (Fsp3) is 1.00. The molecule has 2 saturated heterocycles. The van der Waals surface area contributed by atoms with E-state index in [1.54, 1.807) is 0 Å². The summed E-state index contributed by atoms with van der Waals surface area (Å²) in [7, 11) is 4.00. The molecule has 1 spiro atoms. The number of ether oxygens (including phenoxy) is 1. The third kappa shape index (κ3) is 1.87. The predicted molar refractivity (Wildman–Crippen MR) is 55.0 cm³/mol. The van der Waals surface area contributed by atoms with Gasteiger partial charge in [-0.1, -0.05) is 13.8 Å². The Balaban J connectivity index is 0.000000396. The highest BCUT2D eigenvalue weighted by Gasteiger charge is 2.47. The minimum Gasteiger partial charge on any atom is -0.380 e. The van der Waals surface area contributed by atoms with E-state index in [9.17, 15) is 0 Å². The van der Waals surface area contributed by atoms with Crippen LogP contribution in [0.3, 0.4) is 0 Å². The van der Waals surface area contributed by atoms with Crippen LogP contribution in [0, 0.1) is 0 Å². The molecule has 0 saturated carbocycles. The average molecular weight is 186 g/mol. The van der Waals surface area contributed by atoms with E-state index < -0.39 is 0 Å². The smallest absolute Gasteiger partial charge is 0.0716 e. The first kappa shape index (κ1) is 11.0. The summed E-state index contributed by atoms with van der Waals surface area (Å²) in [5, 5.41) is 3.32. The number of hydrogen-bond acceptors (Lipinski definition) is 3. The van der Waals surface area contributed by atoms with Gasteiger partial charge in [0, 0.05) is 32.3 Å². The molecule has 2 aliphatic heterocycles. The van der Waals surface area contributed by atoms with Gasteiger partial charge in [-0.3, -0.25) is 4.90 Å². The molecule has 2 fully saturated rings. The van der Waals surface area contributed by atoms with Crippen molar-refractivity contribution >= 4 is 0 Å². The molecule has 2 aliphatic rings. The zero-order chi connectivity index (χ0) is 9.90. The Morgan fingerprint density at radius 2 is 2.00 bits per heavy atom. The molecule has 0 aromatic rings. The van der Waals surface area contributed by atoms with E-state index in [1.165, 1.54) is 6.42 Å². The van der Waals surface area contributed by atoms with E-state index in [-0.39, 0.29) is 0 Å². The topological polar surface area (TPSA) is 24.5 Å². The first-order valence-corrected chi connectivity index (χ1v) is 5.22. The van der Waals surface area contributed by atoms with Crippen LogP contribution < -0.4 is 5.32 Å². The highest BCUT2D eigenvalue weighted by atomic mass is 16.5. The van der Waals surface area contributed by atoms with Crippen molar-refractivity contribution in [2.75, 3.05) is 33.8 Å². The first-order valence-electron chi connectivity index (χ1n) is 5.22. The molecule has 0 bridgehead atoms. The largest absolute Gasteiger partial charge is 0.380 e. The lowest BCUT2D eigenvalue weighted by atomic mass is 9.89. The minimum atomic E-state index is 0.445. The van der Waals surface area contributed by atoms with Crippen LogP contribution in [0.4, 0.5) is 0 Å². The van der Waals surface area contributed by atoms with Crippen molar-refractivity contribution in [3.05, 3.63) is 0 Å². The lowest BCUT2D eigenvalue weighted by Crippen LogP contribution is -2.65. The third-order valence-corrected chi connectivity index (χ3v) is 3.14. The Bertz CT molecular complexity index is 157. The van der Waals surface area contributed by atoms with Crippen LogP contribution in [0.5, 0.6) is 0 Å². The molecular weight excluding hydrogens is 164 g/mol. The van der Waals surface area contributed by atoms with Crippen LogP contribution in [0.1, 0.15) is 20.3 Å². The second kappa shape index (κ2) is 4.40. The highest BCUT2D eigenvalue weighted by molar-refractivity contribution is 5.07. The van der Waals surface area contributed by atoms with Crippen molar-refractivity contribution in [1.82, 2.24) is 10.2 Å². The highest BCUT2D eigenvalue weighted by Crippen LogP contribution is 2.32. The van der Waals surface area contributed by atoms with Crippen molar-refractivity contribution in [2.24, 2.45) is 0 Å². The van der Waals surface area contributed by atoms with Gasteiger partial charge in [0.1, 0.15) is 0 Å². The maximum Gasteiger partial charge on any atom is 0.0716 e. The second-order valence-corrected chi connectivity index (χ2v) is 3.77. The second-order valence-electron chi connectivity index (χ2n) is 3.77. The zero-order valence-electron chi connectivity index (χ0n) is 9.26. The van der Waals surface area contributed by atoms with Crippen molar-refractivity contribution in [3.8, 4) is 0 Å². The van der Waals surface area contributed by atoms with E-state index in [1.807, 2.05) is 21.0 Å². The quantitative estimate of drug-likeness (QED) is 0.652. The summed E-state index contributed by atoms with van der Waals surface area (Å²) in [6, 6.07) is 0. The molecule has 0 aliphatic carbocycles. The van der Waals surface area contributed by atoms with Crippen LogP contribution in [-0.4, -0.2) is 50.3 Å². The molecule has 1 N–H and O–H groups in total. The van der Waals surface area contributed by atoms with Crippen molar-refractivity contribution < 1.29 is 4.74 Å². The number of likely N-dealkylation sites (N-methyl/N-ethyl adjacent to an activating group) is 1. The van der Waals surface area contributed by atoms with E-state index in [0.717, 1.165) is 19.6 Å². The summed E-state index contributed by atoms with van der Waals surface area (Å²) in [5.74, 6) is 0. The standard InChI is InChI=1S/C8H16N2O.C2H6/c1-10-4-7(11-2)3-8(10)5-9-6-8;1-2/h7,9H,3-6H2,1-2H3;1-2H3. The Morgan fingerprint density at radius 3 is 2.23 bits per heavy atom. The molecule has 0 amide bonds. The van der Waals surface area contributed by atoms with Crippen LogP contribution in [0.25, 0.3) is 0 Å². The molecule has 3 nitrogen and oxygen atoms in total. The number of methoxy groups -OCH3 is 1. The van der Waals surface area contributed by atoms with Crippen LogP contribution in [0.15, 0.2) is 0 Å². The lowest BCUT2D eigenvalue weighted by Gasteiger charge is -2.44. The molecule has 78 valence electrons. The maximum atomic E-state index is 5.34. The van der Waals surface area contributed by atoms with Crippen molar-refractivity contribution in [3.63, 3.8) is 0 Å². The summed E-state index contributed by atoms with van der Waals surface area (Å²) >= 11 is 0. The lowest BCUT2D eigenvalue weighted by molar-refractivity contribution is 0.0996. The number of hydrogen-bond donors (Lipinski definition) is 1. The van der Waals surface area contributed by atoms with Gasteiger partial charge < -0.3 is 10.1 Å². The summed E-state index contributed by atoms with van der Waals surface area (Å²) in [6.07, 6.45) is 1.66. The monoisotopic (exact) mass is 186 g/mol. The van der Waals surface area contributed by atoms with Gasteiger partial charge in [-0.25, -0.2) is 0 Å². The molecular formula is C10H22N2O. The van der Waals surface area contributed by atoms with Gasteiger partial charge in [0.25, 0.3) is 0 Å². The molecule has 2 heterocycles. The van der Waals surface area contributed by atoms with Crippen LogP contribution in [-0.2, 0) is 4.74 Å². The van der Waals surface area contributed by atoms with Crippen LogP contribution >= 0.6 is 0 Å². The number of rotatable bonds is 1. The van der Waals surface area contributed by atoms with E-state index in [4.69, 9.17) is 4.74 Å². The van der Waals surface area contributed by atoms with E-state index >= 15 is 0 Å². The van der Waals surface area contributed by atoms with Gasteiger partial charge in [0.05, 0.1) is 6.10 Å². The van der Waals surface area contributed by atoms with Gasteiger partial charge in [0.2, 0.25) is 0 Å². The van der Waals surface area contributed by atoms with Gasteiger partial charge in [-0.15, -0.1) is 0 Å². The third-order valence-electron chi connectivity index (χ3n) is 3.14. The minimum absolute atomic E-state index is 0.445. The molecule has 2 rings (SSSR count). The molecule has 0 aromatic carbocycles. The molecule has 1 atom stereocenters. The zero-order valence-corrected chi connectivity index (χ0v) is 9.26. The normalized spacial score (nSPS) is 30.9. The predicted octanol–water partition coefficient (Wildman–Crippen LogP) is 0.705. The molecule has 0 aromatic heterocycles. The maximum absolute atomic E-state index is 5.34. The first-order chi connectivity index (χ1) is 6.27. The summed E-state index contributed by atoms with van der Waals surface area (Å²) < 4.78 is 5.34. The van der Waals surface area contributed by atoms with Crippen LogP contribution in [0.2, 0.25) is 0 Å². The van der Waals surface area contributed by atoms with Gasteiger partial charge >= 0.3 is 0 Å². The Hall–Kier alpha value is -0.120. The summed E-state index contributed by atoms with van der Waals surface area (Å²) in [6.45, 7) is 7.38. The Labute approximate surface area is 81.4 Å².